The fourth-order valence-corrected chi connectivity index (χ4v) is 4.33. The summed E-state index contributed by atoms with van der Waals surface area (Å²) in [4.78, 5) is 17.8. The number of carbonyl (C=O) groups excluding carboxylic acids is 1. The van der Waals surface area contributed by atoms with Crippen LogP contribution in [-0.2, 0) is 13.0 Å². The molecule has 4 nitrogen and oxygen atoms in total. The number of aryl methyl sites for hydroxylation is 1. The lowest BCUT2D eigenvalue weighted by molar-refractivity contribution is 0.236. The molecular formula is C16H19N3OS2. The molecule has 2 N–H and O–H groups in total. The lowest BCUT2D eigenvalue weighted by Crippen LogP contribution is -2.38. The molecule has 0 fully saturated rings. The van der Waals surface area contributed by atoms with Crippen LogP contribution < -0.4 is 10.6 Å². The van der Waals surface area contributed by atoms with Crippen molar-refractivity contribution in [2.75, 3.05) is 5.75 Å². The number of nitrogens with one attached hydrogen (secondary N) is 2. The van der Waals surface area contributed by atoms with Gasteiger partial charge in [-0.2, -0.15) is 0 Å². The third kappa shape index (κ3) is 3.62. The number of hydrogen-bond acceptors (Lipinski definition) is 4. The molecule has 2 heterocycles. The van der Waals surface area contributed by atoms with Crippen LogP contribution in [0.5, 0.6) is 0 Å². The number of urea groups is 1. The van der Waals surface area contributed by atoms with Crippen LogP contribution in [0.1, 0.15) is 35.7 Å². The summed E-state index contributed by atoms with van der Waals surface area (Å²) >= 11 is 3.50. The van der Waals surface area contributed by atoms with Crippen LogP contribution in [0.2, 0.25) is 0 Å². The molecule has 0 saturated heterocycles. The van der Waals surface area contributed by atoms with E-state index in [0.29, 0.717) is 6.54 Å². The largest absolute Gasteiger partial charge is 0.332 e. The van der Waals surface area contributed by atoms with Gasteiger partial charge < -0.3 is 10.6 Å². The van der Waals surface area contributed by atoms with Gasteiger partial charge in [-0.1, -0.05) is 25.1 Å². The maximum atomic E-state index is 12.1. The predicted molar refractivity (Wildman–Crippen MR) is 91.4 cm³/mol. The molecule has 0 unspecified atom stereocenters. The van der Waals surface area contributed by atoms with Crippen molar-refractivity contribution in [1.29, 1.82) is 0 Å². The van der Waals surface area contributed by atoms with Gasteiger partial charge in [0.1, 0.15) is 0 Å². The summed E-state index contributed by atoms with van der Waals surface area (Å²) in [7, 11) is 0. The molecule has 6 heteroatoms. The van der Waals surface area contributed by atoms with E-state index in [-0.39, 0.29) is 12.1 Å². The summed E-state index contributed by atoms with van der Waals surface area (Å²) < 4.78 is 0. The van der Waals surface area contributed by atoms with Gasteiger partial charge in [-0.3, -0.25) is 0 Å². The minimum absolute atomic E-state index is 0.0964. The fourth-order valence-electron chi connectivity index (χ4n) is 2.46. The molecule has 1 aliphatic rings. The number of thioether (sulfide) groups is 1. The van der Waals surface area contributed by atoms with Gasteiger partial charge in [0.25, 0.3) is 0 Å². The van der Waals surface area contributed by atoms with Crippen molar-refractivity contribution >= 4 is 29.1 Å². The highest BCUT2D eigenvalue weighted by Crippen LogP contribution is 2.35. The van der Waals surface area contributed by atoms with Gasteiger partial charge in [0, 0.05) is 16.0 Å². The van der Waals surface area contributed by atoms with E-state index in [4.69, 9.17) is 0 Å². The minimum Gasteiger partial charge on any atom is -0.332 e. The van der Waals surface area contributed by atoms with Gasteiger partial charge >= 0.3 is 6.03 Å². The van der Waals surface area contributed by atoms with Crippen molar-refractivity contribution in [1.82, 2.24) is 15.6 Å². The number of aromatic nitrogens is 1. The molecule has 0 radical (unpaired) electrons. The van der Waals surface area contributed by atoms with Gasteiger partial charge in [-0.15, -0.1) is 23.1 Å². The van der Waals surface area contributed by atoms with Gasteiger partial charge in [-0.25, -0.2) is 9.78 Å². The number of hydrogen-bond donors (Lipinski definition) is 2. The summed E-state index contributed by atoms with van der Waals surface area (Å²) in [6.07, 6.45) is 1.90. The Balaban J connectivity index is 1.56. The van der Waals surface area contributed by atoms with Crippen LogP contribution >= 0.6 is 23.1 Å². The van der Waals surface area contributed by atoms with E-state index in [1.54, 1.807) is 11.3 Å². The van der Waals surface area contributed by atoms with Crippen LogP contribution in [0.25, 0.3) is 0 Å². The Morgan fingerprint density at radius 1 is 1.41 bits per heavy atom. The van der Waals surface area contributed by atoms with Crippen molar-refractivity contribution in [3.63, 3.8) is 0 Å². The highest BCUT2D eigenvalue weighted by molar-refractivity contribution is 7.99. The van der Waals surface area contributed by atoms with Gasteiger partial charge in [0.15, 0.2) is 0 Å². The summed E-state index contributed by atoms with van der Waals surface area (Å²) in [6, 6.07) is 8.26. The van der Waals surface area contributed by atoms with Crippen molar-refractivity contribution in [3.05, 3.63) is 45.9 Å². The molecule has 0 aliphatic carbocycles. The van der Waals surface area contributed by atoms with Crippen LogP contribution in [0.4, 0.5) is 4.79 Å². The van der Waals surface area contributed by atoms with E-state index < -0.39 is 0 Å². The van der Waals surface area contributed by atoms with Crippen molar-refractivity contribution in [2.45, 2.75) is 37.2 Å². The normalized spacial score (nSPS) is 16.9. The number of benzene rings is 1. The molecule has 1 aromatic carbocycles. The van der Waals surface area contributed by atoms with Gasteiger partial charge in [0.05, 0.1) is 23.3 Å². The van der Waals surface area contributed by atoms with Gasteiger partial charge in [0.2, 0.25) is 0 Å². The van der Waals surface area contributed by atoms with Crippen LogP contribution in [0.3, 0.4) is 0 Å². The monoisotopic (exact) mass is 333 g/mol. The first kappa shape index (κ1) is 15.4. The minimum atomic E-state index is -0.127. The van der Waals surface area contributed by atoms with E-state index >= 15 is 0 Å². The summed E-state index contributed by atoms with van der Waals surface area (Å²) in [5.41, 5.74) is 2.15. The van der Waals surface area contributed by atoms with Crippen molar-refractivity contribution < 1.29 is 4.79 Å². The fraction of sp³-hybridized carbons (Fsp3) is 0.375. The molecule has 116 valence electrons. The van der Waals surface area contributed by atoms with E-state index in [2.05, 4.69) is 34.7 Å². The molecule has 0 saturated carbocycles. The Morgan fingerprint density at radius 3 is 3.09 bits per heavy atom. The Kier molecular flexibility index (Phi) is 5.00. The average molecular weight is 333 g/mol. The van der Waals surface area contributed by atoms with E-state index in [1.807, 2.05) is 29.3 Å². The lowest BCUT2D eigenvalue weighted by Gasteiger charge is -2.25. The Hall–Kier alpha value is -1.53. The highest BCUT2D eigenvalue weighted by atomic mass is 32.2. The zero-order valence-corrected chi connectivity index (χ0v) is 14.1. The smallest absolute Gasteiger partial charge is 0.315 e. The Bertz CT molecular complexity index is 656. The average Bonchev–Trinajstić information content (AvgIpc) is 3.01. The molecular weight excluding hydrogens is 314 g/mol. The molecule has 1 aromatic heterocycles. The van der Waals surface area contributed by atoms with Crippen LogP contribution in [-0.4, -0.2) is 16.8 Å². The molecule has 1 atom stereocenters. The number of fused-ring (bicyclic) bond motifs is 1. The predicted octanol–water partition coefficient (Wildman–Crippen LogP) is 3.74. The van der Waals surface area contributed by atoms with E-state index in [0.717, 1.165) is 29.3 Å². The number of amides is 2. The van der Waals surface area contributed by atoms with E-state index in [1.165, 1.54) is 10.5 Å². The zero-order chi connectivity index (χ0) is 15.4. The number of thiazole rings is 1. The third-order valence-corrected chi connectivity index (χ3v) is 5.76. The maximum Gasteiger partial charge on any atom is 0.315 e. The van der Waals surface area contributed by atoms with Crippen LogP contribution in [0.15, 0.2) is 34.5 Å². The first-order valence-corrected chi connectivity index (χ1v) is 9.32. The molecule has 1 aliphatic heterocycles. The first-order valence-electron chi connectivity index (χ1n) is 7.45. The molecule has 0 bridgehead atoms. The van der Waals surface area contributed by atoms with E-state index in [9.17, 15) is 4.79 Å². The van der Waals surface area contributed by atoms with Crippen molar-refractivity contribution in [2.24, 2.45) is 0 Å². The standard InChI is InChI=1S/C16H19N3OS2/c1-2-15-18-11(10-22-15)9-17-16(20)19-13-7-8-21-14-6-4-3-5-12(13)14/h3-6,10,13H,2,7-9H2,1H3,(H2,17,19,20)/t13-/m0/s1. The number of nitrogens with zero attached hydrogens (tertiary/aromatic N) is 1. The summed E-state index contributed by atoms with van der Waals surface area (Å²) in [5, 5.41) is 9.09. The molecule has 22 heavy (non-hydrogen) atoms. The zero-order valence-electron chi connectivity index (χ0n) is 12.5. The highest BCUT2D eigenvalue weighted by Gasteiger charge is 2.21. The number of carbonyl (C=O) groups is 1. The first-order chi connectivity index (χ1) is 10.8. The second-order valence-electron chi connectivity index (χ2n) is 5.14. The second kappa shape index (κ2) is 7.15. The Labute approximate surface area is 138 Å². The van der Waals surface area contributed by atoms with Crippen LogP contribution in [0, 0.1) is 0 Å². The molecule has 3 rings (SSSR count). The summed E-state index contributed by atoms with van der Waals surface area (Å²) in [5.74, 6) is 1.04. The quantitative estimate of drug-likeness (QED) is 0.896. The maximum absolute atomic E-state index is 12.1. The molecule has 2 amide bonds. The SMILES string of the molecule is CCc1nc(CNC(=O)N[C@H]2CCSc3ccccc32)cs1. The second-order valence-corrected chi connectivity index (χ2v) is 7.22. The summed E-state index contributed by atoms with van der Waals surface area (Å²) in [6.45, 7) is 2.56. The third-order valence-electron chi connectivity index (χ3n) is 3.60. The molecule has 0 spiro atoms. The Morgan fingerprint density at radius 2 is 2.27 bits per heavy atom. The van der Waals surface area contributed by atoms with Gasteiger partial charge in [-0.05, 0) is 24.5 Å². The van der Waals surface area contributed by atoms with Crippen molar-refractivity contribution in [3.8, 4) is 0 Å². The lowest BCUT2D eigenvalue weighted by atomic mass is 10.0. The number of rotatable bonds is 4. The topological polar surface area (TPSA) is 54.0 Å². The molecule has 2 aromatic rings.